The zero-order valence-corrected chi connectivity index (χ0v) is 83.3. The van der Waals surface area contributed by atoms with E-state index in [0.29, 0.717) is 115 Å². The quantitative estimate of drug-likeness (QED) is 0.0110. The second-order valence-electron chi connectivity index (χ2n) is 32.6. The Hall–Kier alpha value is -6.81. The molecule has 2 aliphatic carbocycles. The van der Waals surface area contributed by atoms with Crippen molar-refractivity contribution in [1.29, 1.82) is 0 Å². The molecule has 2 bridgehead atoms. The number of ketones is 1. The Bertz CT molecular complexity index is 4310. The van der Waals surface area contributed by atoms with Crippen LogP contribution in [-0.2, 0) is 114 Å². The number of hydrogen-bond acceptors (Lipinski definition) is 39. The first-order valence-corrected chi connectivity index (χ1v) is 49.3. The third-order valence-corrected chi connectivity index (χ3v) is 28.4. The largest absolute Gasteiger partial charge is 0.492 e. The summed E-state index contributed by atoms with van der Waals surface area (Å²) in [7, 11) is 8.04. The minimum absolute atomic E-state index is 0.0165. The maximum atomic E-state index is 14.6. The summed E-state index contributed by atoms with van der Waals surface area (Å²) in [6, 6.07) is -1.76. The number of alkyl carbamates (subject to hydrolysis) is 1. The number of benzene rings is 1. The average molecular weight is 2100 g/mol. The predicted molar refractivity (Wildman–Crippen MR) is 499 cm³/mol. The van der Waals surface area contributed by atoms with Crippen molar-refractivity contribution in [2.75, 3.05) is 186 Å². The molecule has 4 fully saturated rings. The Morgan fingerprint density at radius 1 is 0.684 bits per heavy atom. The first-order valence-electron chi connectivity index (χ1n) is 45.0. The van der Waals surface area contributed by atoms with Gasteiger partial charge in [0, 0.05) is 119 Å². The zero-order chi connectivity index (χ0) is 99.0. The molecule has 5 heterocycles. The number of hydrogen-bond donors (Lipinski definition) is 11. The zero-order valence-electron chi connectivity index (χ0n) is 78.7. The van der Waals surface area contributed by atoms with Crippen LogP contribution >= 0.6 is 55.9 Å². The van der Waals surface area contributed by atoms with Crippen molar-refractivity contribution in [1.82, 2.24) is 36.5 Å². The highest BCUT2D eigenvalue weighted by molar-refractivity contribution is 14.1. The van der Waals surface area contributed by atoms with Crippen LogP contribution in [0.4, 0.5) is 4.79 Å². The van der Waals surface area contributed by atoms with Gasteiger partial charge in [0.15, 0.2) is 41.8 Å². The summed E-state index contributed by atoms with van der Waals surface area (Å²) in [6.07, 6.45) is -12.1. The lowest BCUT2D eigenvalue weighted by atomic mass is 9.75. The van der Waals surface area contributed by atoms with Gasteiger partial charge >= 0.3 is 6.09 Å². The third-order valence-electron chi connectivity index (χ3n) is 22.6. The fourth-order valence-electron chi connectivity index (χ4n) is 15.2. The molecular formula is C90H132IN7O35S3. The lowest BCUT2D eigenvalue weighted by molar-refractivity contribution is -0.337. The number of aliphatic hydroxyl groups excluding tert-OH is 5. The van der Waals surface area contributed by atoms with E-state index < -0.39 is 162 Å². The van der Waals surface area contributed by atoms with Gasteiger partial charge < -0.3 is 141 Å². The van der Waals surface area contributed by atoms with Crippen LogP contribution in [0.3, 0.4) is 0 Å². The molecule has 0 aromatic heterocycles. The van der Waals surface area contributed by atoms with Crippen molar-refractivity contribution in [3.8, 4) is 40.9 Å². The van der Waals surface area contributed by atoms with Crippen molar-refractivity contribution in [2.24, 2.45) is 5.92 Å². The first kappa shape index (κ1) is 114. The van der Waals surface area contributed by atoms with E-state index in [9.17, 15) is 73.8 Å². The van der Waals surface area contributed by atoms with Crippen LogP contribution in [0.25, 0.3) is 0 Å². The van der Waals surface area contributed by atoms with Gasteiger partial charge in [-0.05, 0) is 95.2 Å². The Morgan fingerprint density at radius 3 is 1.83 bits per heavy atom. The number of rotatable bonds is 58. The van der Waals surface area contributed by atoms with E-state index in [2.05, 4.69) is 50.4 Å². The Morgan fingerprint density at radius 2 is 1.26 bits per heavy atom. The van der Waals surface area contributed by atoms with E-state index in [0.717, 1.165) is 23.8 Å². The number of Topliss-reactive ketones (excluding diaryl/α,β-unsaturated/α-hetero) is 1. The van der Waals surface area contributed by atoms with E-state index in [1.165, 1.54) is 74.1 Å². The molecule has 136 heavy (non-hydrogen) atoms. The summed E-state index contributed by atoms with van der Waals surface area (Å²) in [6.45, 7) is 19.5. The summed E-state index contributed by atoms with van der Waals surface area (Å²) >= 11 is 2.74. The summed E-state index contributed by atoms with van der Waals surface area (Å²) in [5.41, 5.74) is 0.645. The lowest BCUT2D eigenvalue weighted by Crippen LogP contribution is -2.65. The molecule has 7 aliphatic rings. The SMILES string of the molecule is CCN(C(C)=O)[C@H]1CO[C@@H](O[C@H]2[C@H](O[C@H]3C#C/C=C\C#C[C@]4(O)CC(=O)C(NC(=O)OC)=C3C4=CCSSC(C)(C)CCC(=O)NCCNC(=O)CCOCCOCCOCCOCCOCCOCCOCCOCCNC(=O)CCN3C(=O)C=CC3=O)O[C@H](C)[C@@H](NO[C@H]3C[C@H](O)[C@H](SC(=O)c4c(C)c(I)c(O[C@@H]5O[C@@H](C)[C@H](O)[C@@H](CO)[C@H]5O)c(OC)c4OC)[C@@H](C)O3)[C@@H]2O)C[C@@H]1OC. The third kappa shape index (κ3) is 34.8. The molecule has 8 rings (SSSR count). The van der Waals surface area contributed by atoms with E-state index in [4.69, 9.17) is 94.8 Å². The molecule has 0 radical (unpaired) electrons. The average Bonchev–Trinajstić information content (AvgIpc) is 0.971. The summed E-state index contributed by atoms with van der Waals surface area (Å²) in [5.74, 6) is 8.02. The molecule has 0 spiro atoms. The second-order valence-corrected chi connectivity index (χ2v) is 37.9. The molecule has 1 aromatic rings. The molecule has 4 saturated heterocycles. The number of allylic oxidation sites excluding steroid dienone is 3. The van der Waals surface area contributed by atoms with E-state index in [1.54, 1.807) is 38.7 Å². The number of likely N-dealkylation sites (N-methyl/N-ethyl adjacent to an activating group) is 1. The molecular weight excluding hydrogens is 1960 g/mol. The van der Waals surface area contributed by atoms with Crippen LogP contribution in [0.15, 0.2) is 47.2 Å². The van der Waals surface area contributed by atoms with Crippen molar-refractivity contribution in [3.05, 3.63) is 61.9 Å². The number of nitrogens with zero attached hydrogens (tertiary/aromatic N) is 2. The number of amides is 7. The second kappa shape index (κ2) is 59.2. The number of carbonyl (C=O) groups is 9. The van der Waals surface area contributed by atoms with Gasteiger partial charge in [-0.2, -0.15) is 5.48 Å². The van der Waals surface area contributed by atoms with Gasteiger partial charge in [0.25, 0.3) is 11.8 Å². The molecule has 46 heteroatoms. The maximum absolute atomic E-state index is 14.6. The fourth-order valence-corrected chi connectivity index (χ4v) is 19.4. The molecule has 0 unspecified atom stereocenters. The summed E-state index contributed by atoms with van der Waals surface area (Å²) < 4.78 is 111. The van der Waals surface area contributed by atoms with Gasteiger partial charge in [0.05, 0.1) is 215 Å². The summed E-state index contributed by atoms with van der Waals surface area (Å²) in [4.78, 5) is 125. The monoisotopic (exact) mass is 2090 g/mol. The topological polar surface area (TPSA) is 526 Å². The minimum Gasteiger partial charge on any atom is -0.492 e. The van der Waals surface area contributed by atoms with Crippen LogP contribution in [0.1, 0.15) is 109 Å². The number of ether oxygens (including phenoxy) is 19. The highest BCUT2D eigenvalue weighted by Crippen LogP contribution is 2.50. The first-order chi connectivity index (χ1) is 65.2. The van der Waals surface area contributed by atoms with Gasteiger partial charge in [-0.1, -0.05) is 63.1 Å². The number of methoxy groups -OCH3 is 4. The highest BCUT2D eigenvalue weighted by Gasteiger charge is 2.53. The number of halogens is 1. The number of thioether (sulfide) groups is 1. The Balaban J connectivity index is 0.773. The Labute approximate surface area is 817 Å². The van der Waals surface area contributed by atoms with Crippen LogP contribution in [0.2, 0.25) is 0 Å². The number of hydroxylamine groups is 1. The molecule has 5 aliphatic heterocycles. The molecule has 0 saturated carbocycles. The number of imide groups is 1. The molecule has 762 valence electrons. The van der Waals surface area contributed by atoms with Gasteiger partial charge in [0.2, 0.25) is 40.8 Å². The number of carbonyl (C=O) groups excluding carboxylic acids is 9. The highest BCUT2D eigenvalue weighted by atomic mass is 127. The lowest BCUT2D eigenvalue weighted by Gasteiger charge is -2.47. The van der Waals surface area contributed by atoms with E-state index >= 15 is 0 Å². The molecule has 19 atom stereocenters. The number of aliphatic hydroxyl groups is 6. The van der Waals surface area contributed by atoms with Crippen molar-refractivity contribution >= 4 is 108 Å². The van der Waals surface area contributed by atoms with E-state index in [1.807, 2.05) is 43.4 Å². The van der Waals surface area contributed by atoms with Crippen molar-refractivity contribution in [2.45, 2.75) is 214 Å². The minimum atomic E-state index is -2.23. The number of fused-ring (bicyclic) bond motifs is 2. The molecule has 42 nitrogen and oxygen atoms in total. The Kier molecular flexibility index (Phi) is 49.8. The van der Waals surface area contributed by atoms with Crippen LogP contribution in [0.5, 0.6) is 17.2 Å². The van der Waals surface area contributed by atoms with Crippen LogP contribution in [-0.4, -0.2) is 393 Å². The predicted octanol–water partition coefficient (Wildman–Crippen LogP) is 1.52. The molecule has 1 aromatic carbocycles. The molecule has 7 amide bonds. The van der Waals surface area contributed by atoms with Gasteiger partial charge in [-0.15, -0.1) is 0 Å². The smallest absolute Gasteiger partial charge is 0.411 e. The normalized spacial score (nSPS) is 27.2. The number of nitrogens with one attached hydrogen (secondary N) is 5. The van der Waals surface area contributed by atoms with E-state index in [-0.39, 0.29) is 147 Å². The van der Waals surface area contributed by atoms with Gasteiger partial charge in [-0.25, -0.2) is 4.79 Å². The van der Waals surface area contributed by atoms with Crippen molar-refractivity contribution < 1.29 is 169 Å². The molecule has 11 N–H and O–H groups in total. The fraction of sp³-hybridized carbons (Fsp3) is 0.700. The van der Waals surface area contributed by atoms with Gasteiger partial charge in [0.1, 0.15) is 24.4 Å². The van der Waals surface area contributed by atoms with Crippen LogP contribution in [0, 0.1) is 40.1 Å². The summed E-state index contributed by atoms with van der Waals surface area (Å²) in [5, 5.41) is 78.6. The standard InChI is InChI=1S/C90H132IN7O35S3/c1-13-97(57(6)100)60-52-126-70(49-64(60)114-9)131-82-79(110)75(96-133-71-48-61(101)84(56(5)127-71)135-85(111)72-53(2)74(91)81(83(116-11)80(72)115-10)132-86-78(109)58(51-99)77(108)55(4)129-86)54(3)128-87(82)130-63-18-16-14-15-17-25-90(113)50-62(102)76(95-88(112)117-12)73(63)59(90)24-47-134-136-89(7,8)26-21-65(103)92-27-28-93-67(105)23-31-118-33-35-120-37-39-122-41-43-124-45-46-125-44-42-123-40-38-121-36-34-119-32-29-94-66(104)22-30-98-68(106)19-20-69(98)107/h14-15,19-20,24,54-56,58,60-61,63-64,70-71,75,77-79,82,84,86-87,96,99,101,108-110,113H,13,21-23,26-52H2,1-12H3,(H,92,103)(H,93,105)(H,94,104)(H,95,112)/b15-14-,59-24?/t54-,55+,56-,58-,60+,61+,63+,64+,70+,71+,75-,77+,78-,79+,82-,84-,86+,87+,90+/m1/s1. The van der Waals surface area contributed by atoms with Gasteiger partial charge in [-0.3, -0.25) is 53.4 Å². The van der Waals surface area contributed by atoms with Crippen LogP contribution < -0.4 is 41.0 Å². The van der Waals surface area contributed by atoms with Crippen molar-refractivity contribution in [3.63, 3.8) is 0 Å². The maximum Gasteiger partial charge on any atom is 0.411 e.